The van der Waals surface area contributed by atoms with Crippen molar-refractivity contribution in [2.75, 3.05) is 0 Å². The van der Waals surface area contributed by atoms with Crippen LogP contribution < -0.4 is 4.72 Å². The summed E-state index contributed by atoms with van der Waals surface area (Å²) in [6.07, 6.45) is -5.24. The Morgan fingerprint density at radius 3 is 2.15 bits per heavy atom. The predicted molar refractivity (Wildman–Crippen MR) is 75.5 cm³/mol. The quantitative estimate of drug-likeness (QED) is 0.830. The van der Waals surface area contributed by atoms with Gasteiger partial charge in [-0.2, -0.15) is 13.2 Å². The molecule has 0 aliphatic heterocycles. The van der Waals surface area contributed by atoms with Crippen molar-refractivity contribution in [1.82, 2.24) is 4.72 Å². The van der Waals surface area contributed by atoms with E-state index >= 15 is 0 Å². The van der Waals surface area contributed by atoms with Crippen LogP contribution in [0.1, 0.15) is 45.2 Å². The second-order valence-corrected chi connectivity index (χ2v) is 7.61. The molecule has 0 aliphatic rings. The molecule has 2 unspecified atom stereocenters. The third kappa shape index (κ3) is 6.15. The lowest BCUT2D eigenvalue weighted by molar-refractivity contribution is -0.136. The van der Waals surface area contributed by atoms with Crippen LogP contribution in [-0.2, 0) is 11.4 Å². The third-order valence-electron chi connectivity index (χ3n) is 2.72. The Kier molecular flexibility index (Phi) is 5.91. The Morgan fingerprint density at radius 2 is 1.70 bits per heavy atom. The largest absolute Gasteiger partial charge is 0.598 e. The summed E-state index contributed by atoms with van der Waals surface area (Å²) >= 11 is -1.41. The molecule has 114 valence electrons. The first-order valence-corrected chi connectivity index (χ1v) is 7.54. The normalized spacial score (nSPS) is 15.9. The highest BCUT2D eigenvalue weighted by Gasteiger charge is 2.33. The van der Waals surface area contributed by atoms with E-state index < -0.39 is 34.7 Å². The van der Waals surface area contributed by atoms with Crippen LogP contribution in [0.5, 0.6) is 0 Å². The molecule has 0 heterocycles. The Morgan fingerprint density at radius 1 is 1.15 bits per heavy atom. The van der Waals surface area contributed by atoms with E-state index in [9.17, 15) is 17.7 Å². The lowest BCUT2D eigenvalue weighted by Gasteiger charge is -2.28. The molecular weight excluding hydrogens is 287 g/mol. The molecule has 2 nitrogen and oxygen atoms in total. The van der Waals surface area contributed by atoms with Crippen LogP contribution >= 0.6 is 0 Å². The molecule has 1 N–H and O–H groups in total. The van der Waals surface area contributed by atoms with E-state index in [2.05, 4.69) is 4.72 Å². The van der Waals surface area contributed by atoms with E-state index in [1.165, 1.54) is 0 Å². The summed E-state index contributed by atoms with van der Waals surface area (Å²) in [5.74, 6) is 0. The van der Waals surface area contributed by atoms with Gasteiger partial charge in [0.1, 0.15) is 4.75 Å². The number of rotatable bonds is 5. The summed E-state index contributed by atoms with van der Waals surface area (Å²) in [5.41, 5.74) is 0.717. The van der Waals surface area contributed by atoms with Gasteiger partial charge in [0.2, 0.25) is 0 Å². The summed E-state index contributed by atoms with van der Waals surface area (Å²) in [7, 11) is 0. The van der Waals surface area contributed by atoms with Crippen molar-refractivity contribution >= 4 is 11.4 Å². The number of halogens is 3. The maximum Gasteiger partial charge on any atom is 0.389 e. The highest BCUT2D eigenvalue weighted by molar-refractivity contribution is 7.90. The van der Waals surface area contributed by atoms with Gasteiger partial charge in [0, 0.05) is 17.8 Å². The molecule has 1 rings (SSSR count). The molecular formula is C14H20F3NOS. The second-order valence-electron chi connectivity index (χ2n) is 5.62. The summed E-state index contributed by atoms with van der Waals surface area (Å²) < 4.78 is 51.6. The van der Waals surface area contributed by atoms with Crippen LogP contribution in [0, 0.1) is 0 Å². The molecule has 0 bridgehead atoms. The van der Waals surface area contributed by atoms with Crippen molar-refractivity contribution in [3.8, 4) is 0 Å². The molecule has 0 saturated carbocycles. The first-order chi connectivity index (χ1) is 9.09. The first-order valence-electron chi connectivity index (χ1n) is 6.39. The molecule has 1 aromatic rings. The summed E-state index contributed by atoms with van der Waals surface area (Å²) in [6.45, 7) is 5.34. The van der Waals surface area contributed by atoms with Crippen molar-refractivity contribution < 1.29 is 17.7 Å². The van der Waals surface area contributed by atoms with Gasteiger partial charge in [-0.3, -0.25) is 0 Å². The van der Waals surface area contributed by atoms with Crippen LogP contribution in [0.4, 0.5) is 13.2 Å². The maximum absolute atomic E-state index is 12.4. The molecule has 0 saturated heterocycles. The van der Waals surface area contributed by atoms with Gasteiger partial charge in [-0.25, -0.2) is 0 Å². The number of hydrogen-bond donors (Lipinski definition) is 1. The zero-order chi connectivity index (χ0) is 15.4. The van der Waals surface area contributed by atoms with Gasteiger partial charge >= 0.3 is 6.18 Å². The van der Waals surface area contributed by atoms with E-state index in [1.807, 2.05) is 0 Å². The zero-order valence-electron chi connectivity index (χ0n) is 11.8. The molecule has 0 fully saturated rings. The van der Waals surface area contributed by atoms with Crippen LogP contribution in [-0.4, -0.2) is 15.5 Å². The fourth-order valence-electron chi connectivity index (χ4n) is 1.59. The number of hydrogen-bond acceptors (Lipinski definition) is 2. The lowest BCUT2D eigenvalue weighted by atomic mass is 10.0. The molecule has 20 heavy (non-hydrogen) atoms. The molecule has 0 aliphatic carbocycles. The van der Waals surface area contributed by atoms with Crippen LogP contribution in [0.25, 0.3) is 0 Å². The average Bonchev–Trinajstić information content (AvgIpc) is 2.33. The third-order valence-corrected chi connectivity index (χ3v) is 4.33. The Labute approximate surface area is 121 Å². The number of nitrogens with one attached hydrogen (secondary N) is 1. The average molecular weight is 307 g/mol. The Balaban J connectivity index is 2.80. The monoisotopic (exact) mass is 307 g/mol. The van der Waals surface area contributed by atoms with Crippen molar-refractivity contribution in [2.24, 2.45) is 0 Å². The van der Waals surface area contributed by atoms with Gasteiger partial charge in [-0.05, 0) is 32.8 Å². The topological polar surface area (TPSA) is 35.1 Å². The minimum absolute atomic E-state index is 0.130. The van der Waals surface area contributed by atoms with Gasteiger partial charge in [0.05, 0.1) is 6.04 Å². The highest BCUT2D eigenvalue weighted by Crippen LogP contribution is 2.29. The second kappa shape index (κ2) is 6.83. The fraction of sp³-hybridized carbons (Fsp3) is 0.571. The zero-order valence-corrected chi connectivity index (χ0v) is 12.6. The van der Waals surface area contributed by atoms with Gasteiger partial charge in [-0.15, -0.1) is 4.72 Å². The molecule has 2 atom stereocenters. The van der Waals surface area contributed by atoms with E-state index in [-0.39, 0.29) is 6.42 Å². The molecule has 0 spiro atoms. The SMILES string of the molecule is CC(C)(C)[S+]([O-])NC(CCC(F)(F)F)c1ccccc1. The molecule has 0 amide bonds. The van der Waals surface area contributed by atoms with Crippen LogP contribution in [0.2, 0.25) is 0 Å². The van der Waals surface area contributed by atoms with E-state index in [0.717, 1.165) is 0 Å². The van der Waals surface area contributed by atoms with Gasteiger partial charge in [0.25, 0.3) is 0 Å². The van der Waals surface area contributed by atoms with Crippen LogP contribution in [0.3, 0.4) is 0 Å². The lowest BCUT2D eigenvalue weighted by Crippen LogP contribution is -2.41. The molecule has 1 aromatic carbocycles. The van der Waals surface area contributed by atoms with Gasteiger partial charge < -0.3 is 4.55 Å². The van der Waals surface area contributed by atoms with E-state index in [0.29, 0.717) is 5.56 Å². The number of benzene rings is 1. The fourth-order valence-corrected chi connectivity index (χ4v) is 2.46. The van der Waals surface area contributed by atoms with Gasteiger partial charge in [-0.1, -0.05) is 30.3 Å². The standard InChI is InChI=1S/C14H20F3NOS/c1-13(2,3)20(19)18-12(9-10-14(15,16)17)11-7-5-4-6-8-11/h4-8,12,18H,9-10H2,1-3H3. The first kappa shape index (κ1) is 17.3. The minimum Gasteiger partial charge on any atom is -0.598 e. The summed E-state index contributed by atoms with van der Waals surface area (Å²) in [4.78, 5) is 0. The van der Waals surface area contributed by atoms with E-state index in [4.69, 9.17) is 0 Å². The van der Waals surface area contributed by atoms with Crippen LogP contribution in [0.15, 0.2) is 30.3 Å². The number of alkyl halides is 3. The van der Waals surface area contributed by atoms with Crippen molar-refractivity contribution in [2.45, 2.75) is 50.6 Å². The smallest absolute Gasteiger partial charge is 0.389 e. The summed E-state index contributed by atoms with van der Waals surface area (Å²) in [6, 6.07) is 8.24. The molecule has 0 radical (unpaired) electrons. The summed E-state index contributed by atoms with van der Waals surface area (Å²) in [5, 5.41) is 0. The maximum atomic E-state index is 12.4. The highest BCUT2D eigenvalue weighted by atomic mass is 32.2. The predicted octanol–water partition coefficient (Wildman–Crippen LogP) is 4.12. The molecule has 6 heteroatoms. The van der Waals surface area contributed by atoms with E-state index in [1.54, 1.807) is 51.1 Å². The van der Waals surface area contributed by atoms with Crippen molar-refractivity contribution in [1.29, 1.82) is 0 Å². The van der Waals surface area contributed by atoms with Crippen molar-refractivity contribution in [3.05, 3.63) is 35.9 Å². The minimum atomic E-state index is -4.21. The Hall–Kier alpha value is -0.720. The molecule has 0 aromatic heterocycles. The van der Waals surface area contributed by atoms with Gasteiger partial charge in [0.15, 0.2) is 0 Å². The Bertz CT molecular complexity index is 403. The van der Waals surface area contributed by atoms with Crippen molar-refractivity contribution in [3.63, 3.8) is 0 Å².